The molecule has 118 valence electrons. The molecule has 0 aliphatic heterocycles. The van der Waals surface area contributed by atoms with Crippen LogP contribution in [0.1, 0.15) is 20.8 Å². The van der Waals surface area contributed by atoms with Crippen LogP contribution in [0.4, 0.5) is 18.0 Å². The van der Waals surface area contributed by atoms with Gasteiger partial charge in [-0.25, -0.2) is 9.59 Å². The number of rotatable bonds is 6. The second-order valence-corrected chi connectivity index (χ2v) is 5.21. The van der Waals surface area contributed by atoms with Crippen LogP contribution in [0, 0.1) is 5.41 Å². The summed E-state index contributed by atoms with van der Waals surface area (Å²) in [5.41, 5.74) is -0.698. The van der Waals surface area contributed by atoms with Crippen molar-refractivity contribution in [1.29, 1.82) is 0 Å². The van der Waals surface area contributed by atoms with E-state index in [0.717, 1.165) is 0 Å². The van der Waals surface area contributed by atoms with E-state index in [4.69, 9.17) is 5.11 Å². The van der Waals surface area contributed by atoms with E-state index in [1.54, 1.807) is 20.8 Å². The lowest BCUT2D eigenvalue weighted by Crippen LogP contribution is -2.52. The van der Waals surface area contributed by atoms with Gasteiger partial charge >= 0.3 is 18.2 Å². The van der Waals surface area contributed by atoms with Gasteiger partial charge < -0.3 is 20.5 Å². The zero-order valence-electron chi connectivity index (χ0n) is 11.5. The van der Waals surface area contributed by atoms with Gasteiger partial charge in [-0.15, -0.1) is 0 Å². The first-order valence-corrected chi connectivity index (χ1v) is 5.85. The Kier molecular flexibility index (Phi) is 6.77. The quantitative estimate of drug-likeness (QED) is 0.646. The lowest BCUT2D eigenvalue weighted by atomic mass is 9.87. The van der Waals surface area contributed by atoms with Crippen molar-refractivity contribution in [3.8, 4) is 0 Å². The largest absolute Gasteiger partial charge is 0.480 e. The van der Waals surface area contributed by atoms with Gasteiger partial charge in [0.25, 0.3) is 0 Å². The smallest absolute Gasteiger partial charge is 0.411 e. The molecule has 3 N–H and O–H groups in total. The summed E-state index contributed by atoms with van der Waals surface area (Å²) >= 11 is 0. The summed E-state index contributed by atoms with van der Waals surface area (Å²) in [4.78, 5) is 22.4. The molecule has 0 heterocycles. The van der Waals surface area contributed by atoms with Crippen LogP contribution >= 0.6 is 0 Å². The van der Waals surface area contributed by atoms with Gasteiger partial charge in [-0.05, 0) is 5.41 Å². The number of hydrogen-bond donors (Lipinski definition) is 3. The maximum Gasteiger partial charge on any atom is 0.411 e. The zero-order chi connectivity index (χ0) is 16.0. The third-order valence-corrected chi connectivity index (χ3v) is 2.19. The number of halogens is 3. The molecule has 2 amide bonds. The van der Waals surface area contributed by atoms with E-state index in [0.29, 0.717) is 0 Å². The van der Waals surface area contributed by atoms with E-state index < -0.39 is 36.2 Å². The Labute approximate surface area is 114 Å². The molecule has 0 spiro atoms. The first-order chi connectivity index (χ1) is 8.93. The van der Waals surface area contributed by atoms with Crippen molar-refractivity contribution < 1.29 is 32.6 Å². The summed E-state index contributed by atoms with van der Waals surface area (Å²) < 4.78 is 39.5. The summed E-state index contributed by atoms with van der Waals surface area (Å²) in [5, 5.41) is 13.4. The molecule has 0 bridgehead atoms. The van der Waals surface area contributed by atoms with Crippen molar-refractivity contribution in [3.05, 3.63) is 0 Å². The van der Waals surface area contributed by atoms with Crippen molar-refractivity contribution in [2.24, 2.45) is 5.41 Å². The van der Waals surface area contributed by atoms with Gasteiger partial charge in [-0.2, -0.15) is 13.2 Å². The van der Waals surface area contributed by atoms with Crippen molar-refractivity contribution in [1.82, 2.24) is 10.6 Å². The highest BCUT2D eigenvalue weighted by Crippen LogP contribution is 2.19. The van der Waals surface area contributed by atoms with E-state index in [2.05, 4.69) is 15.4 Å². The number of alkyl halides is 3. The molecule has 0 fully saturated rings. The minimum atomic E-state index is -4.41. The summed E-state index contributed by atoms with van der Waals surface area (Å²) in [7, 11) is 0. The second kappa shape index (κ2) is 7.32. The van der Waals surface area contributed by atoms with Crippen molar-refractivity contribution in [3.63, 3.8) is 0 Å². The molecule has 0 aliphatic rings. The molecule has 9 heteroatoms. The van der Waals surface area contributed by atoms with Crippen LogP contribution in [0.2, 0.25) is 0 Å². The summed E-state index contributed by atoms with van der Waals surface area (Å²) in [5.74, 6) is -1.19. The lowest BCUT2D eigenvalue weighted by Gasteiger charge is -2.27. The maximum atomic E-state index is 11.7. The number of hydrogen-bond acceptors (Lipinski definition) is 3. The number of carboxylic acid groups (broad SMARTS) is 1. The Morgan fingerprint density at radius 1 is 1.25 bits per heavy atom. The van der Waals surface area contributed by atoms with Crippen LogP contribution in [-0.2, 0) is 9.53 Å². The Bertz CT molecular complexity index is 340. The van der Waals surface area contributed by atoms with E-state index >= 15 is 0 Å². The standard InChI is InChI=1S/C11H19F3N2O4/c1-10(2,3)7(8(17)18)16-9(19)15-4-5-20-6-11(12,13)14/h7H,4-6H2,1-3H3,(H,17,18)(H2,15,16,19)/t7-/m1/s1. The van der Waals surface area contributed by atoms with Gasteiger partial charge in [0.15, 0.2) is 0 Å². The van der Waals surface area contributed by atoms with Crippen LogP contribution in [-0.4, -0.2) is 49.1 Å². The number of nitrogens with one attached hydrogen (secondary N) is 2. The average molecular weight is 300 g/mol. The molecule has 1 atom stereocenters. The maximum absolute atomic E-state index is 11.7. The topological polar surface area (TPSA) is 87.7 Å². The minimum absolute atomic E-state index is 0.154. The molecule has 20 heavy (non-hydrogen) atoms. The zero-order valence-corrected chi connectivity index (χ0v) is 11.5. The molecule has 0 radical (unpaired) electrons. The Morgan fingerprint density at radius 2 is 1.80 bits per heavy atom. The van der Waals surface area contributed by atoms with E-state index in [1.165, 1.54) is 0 Å². The highest BCUT2D eigenvalue weighted by molar-refractivity contribution is 5.83. The van der Waals surface area contributed by atoms with Crippen LogP contribution in [0.25, 0.3) is 0 Å². The van der Waals surface area contributed by atoms with Gasteiger partial charge in [-0.1, -0.05) is 20.8 Å². The molecule has 0 aliphatic carbocycles. The second-order valence-electron chi connectivity index (χ2n) is 5.21. The lowest BCUT2D eigenvalue weighted by molar-refractivity contribution is -0.173. The van der Waals surface area contributed by atoms with Gasteiger partial charge in [-0.3, -0.25) is 0 Å². The van der Waals surface area contributed by atoms with Gasteiger partial charge in [0.2, 0.25) is 0 Å². The highest BCUT2D eigenvalue weighted by Gasteiger charge is 2.32. The minimum Gasteiger partial charge on any atom is -0.480 e. The fourth-order valence-corrected chi connectivity index (χ4v) is 1.26. The number of carbonyl (C=O) groups excluding carboxylic acids is 1. The molecule has 0 saturated carbocycles. The van der Waals surface area contributed by atoms with Crippen LogP contribution in [0.3, 0.4) is 0 Å². The Morgan fingerprint density at radius 3 is 2.20 bits per heavy atom. The number of ether oxygens (including phenoxy) is 1. The van der Waals surface area contributed by atoms with Crippen LogP contribution in [0.5, 0.6) is 0 Å². The summed E-state index contributed by atoms with van der Waals surface area (Å²) in [6, 6.07) is -1.89. The SMILES string of the molecule is CC(C)(C)[C@H](NC(=O)NCCOCC(F)(F)F)C(=O)O. The van der Waals surface area contributed by atoms with E-state index in [1.807, 2.05) is 0 Å². The molecule has 0 aromatic rings. The van der Waals surface area contributed by atoms with Crippen LogP contribution < -0.4 is 10.6 Å². The van der Waals surface area contributed by atoms with E-state index in [-0.39, 0.29) is 13.2 Å². The molecular weight excluding hydrogens is 281 g/mol. The molecule has 0 aromatic heterocycles. The monoisotopic (exact) mass is 300 g/mol. The third kappa shape index (κ3) is 8.57. The fraction of sp³-hybridized carbons (Fsp3) is 0.818. The molecule has 0 unspecified atom stereocenters. The van der Waals surface area contributed by atoms with Crippen LogP contribution in [0.15, 0.2) is 0 Å². The first kappa shape index (κ1) is 18.5. The predicted molar refractivity (Wildman–Crippen MR) is 64.3 cm³/mol. The normalized spacial score (nSPS) is 13.7. The Balaban J connectivity index is 4.02. The number of carboxylic acids is 1. The molecule has 0 aromatic carbocycles. The third-order valence-electron chi connectivity index (χ3n) is 2.19. The predicted octanol–water partition coefficient (Wildman–Crippen LogP) is 1.36. The molecule has 0 saturated heterocycles. The highest BCUT2D eigenvalue weighted by atomic mass is 19.4. The van der Waals surface area contributed by atoms with Gasteiger partial charge in [0.05, 0.1) is 6.61 Å². The number of aliphatic carboxylic acids is 1. The number of amides is 2. The molecule has 6 nitrogen and oxygen atoms in total. The molecule has 0 rings (SSSR count). The molecular formula is C11H19F3N2O4. The first-order valence-electron chi connectivity index (χ1n) is 5.85. The van der Waals surface area contributed by atoms with Gasteiger partial charge in [0.1, 0.15) is 12.6 Å². The van der Waals surface area contributed by atoms with Crippen molar-refractivity contribution in [2.75, 3.05) is 19.8 Å². The van der Waals surface area contributed by atoms with Crippen molar-refractivity contribution in [2.45, 2.75) is 33.0 Å². The van der Waals surface area contributed by atoms with E-state index in [9.17, 15) is 22.8 Å². The summed E-state index contributed by atoms with van der Waals surface area (Å²) in [6.45, 7) is 3.05. The fourth-order valence-electron chi connectivity index (χ4n) is 1.26. The van der Waals surface area contributed by atoms with Crippen molar-refractivity contribution >= 4 is 12.0 Å². The number of carbonyl (C=O) groups is 2. The average Bonchev–Trinajstić information content (AvgIpc) is 2.21. The number of urea groups is 1. The summed E-state index contributed by atoms with van der Waals surface area (Å²) in [6.07, 6.45) is -4.41. The van der Waals surface area contributed by atoms with Gasteiger partial charge in [0, 0.05) is 6.54 Å². The Hall–Kier alpha value is -1.51.